The van der Waals surface area contributed by atoms with E-state index in [0.717, 1.165) is 5.41 Å². The first-order chi connectivity index (χ1) is 24.9. The van der Waals surface area contributed by atoms with Crippen molar-refractivity contribution in [2.45, 2.75) is 31.3 Å². The molecule has 0 radical (unpaired) electrons. The van der Waals surface area contributed by atoms with Crippen LogP contribution in [0.15, 0.2) is 60.0 Å². The first-order valence-corrected chi connectivity index (χ1v) is 17.5. The number of hydrogen-bond acceptors (Lipinski definition) is 13. The number of hydroxylamine groups is 2. The number of ether oxygens (including phenoxy) is 5. The molecule has 0 spiro atoms. The van der Waals surface area contributed by atoms with Crippen LogP contribution in [0.1, 0.15) is 41.4 Å². The monoisotopic (exact) mass is 741 g/mol. The average molecular weight is 742 g/mol. The fourth-order valence-electron chi connectivity index (χ4n) is 5.04. The lowest BCUT2D eigenvalue weighted by atomic mass is 10.0. The van der Waals surface area contributed by atoms with Gasteiger partial charge in [-0.15, -0.1) is 0 Å². The SMILES string of the molecule is COc1cc(OC)c(/C=C/S(=O)(=O)Cc2ccc(OC)c(OC(=O)NCCNC(=O)Cc3ccccc3C(O)ON3C(=O)CCC3=O)c2)c(OC)c1. The van der Waals surface area contributed by atoms with Crippen molar-refractivity contribution in [1.29, 1.82) is 0 Å². The lowest BCUT2D eigenvalue weighted by molar-refractivity contribution is -0.247. The van der Waals surface area contributed by atoms with Crippen LogP contribution < -0.4 is 34.3 Å². The van der Waals surface area contributed by atoms with Crippen LogP contribution in [0.25, 0.3) is 6.08 Å². The number of rotatable bonds is 17. The molecule has 1 aliphatic heterocycles. The zero-order chi connectivity index (χ0) is 37.8. The topological polar surface area (TPSA) is 205 Å². The molecule has 278 valence electrons. The quantitative estimate of drug-likeness (QED) is 0.104. The molecule has 1 fully saturated rings. The number of hydrogen-bond donors (Lipinski definition) is 3. The number of carbonyl (C=O) groups excluding carboxylic acids is 4. The Labute approximate surface area is 300 Å². The normalized spacial score (nSPS) is 13.5. The maximum Gasteiger partial charge on any atom is 0.412 e. The molecule has 4 rings (SSSR count). The van der Waals surface area contributed by atoms with Gasteiger partial charge in [-0.2, -0.15) is 5.06 Å². The number of amides is 4. The third kappa shape index (κ3) is 10.4. The summed E-state index contributed by atoms with van der Waals surface area (Å²) in [6.45, 7) is -0.0198. The molecule has 1 unspecified atom stereocenters. The number of methoxy groups -OCH3 is 4. The molecule has 17 heteroatoms. The predicted molar refractivity (Wildman–Crippen MR) is 185 cm³/mol. The second-order valence-corrected chi connectivity index (χ2v) is 13.0. The minimum atomic E-state index is -3.84. The second kappa shape index (κ2) is 18.0. The second-order valence-electron chi connectivity index (χ2n) is 11.1. The molecule has 0 bridgehead atoms. The fraction of sp³-hybridized carbons (Fsp3) is 0.314. The van der Waals surface area contributed by atoms with Gasteiger partial charge in [-0.25, -0.2) is 18.0 Å². The van der Waals surface area contributed by atoms with E-state index >= 15 is 0 Å². The van der Waals surface area contributed by atoms with E-state index in [-0.39, 0.29) is 49.4 Å². The number of nitrogens with zero attached hydrogens (tertiary/aromatic N) is 1. The Bertz CT molecular complexity index is 1890. The highest BCUT2D eigenvalue weighted by molar-refractivity contribution is 7.93. The summed E-state index contributed by atoms with van der Waals surface area (Å²) in [4.78, 5) is 54.1. The Morgan fingerprint density at radius 2 is 1.48 bits per heavy atom. The Morgan fingerprint density at radius 1 is 0.846 bits per heavy atom. The molecule has 1 atom stereocenters. The maximum atomic E-state index is 13.0. The minimum Gasteiger partial charge on any atom is -0.496 e. The van der Waals surface area contributed by atoms with Crippen LogP contribution in [0.3, 0.4) is 0 Å². The van der Waals surface area contributed by atoms with E-state index in [0.29, 0.717) is 39.0 Å². The summed E-state index contributed by atoms with van der Waals surface area (Å²) in [5.74, 6) is -0.718. The standard InChI is InChI=1S/C35H39N3O13S/c1-46-24-19-28(48-3)26(29(20-24)49-4)13-16-52(44,45)21-22-9-10-27(47-2)30(17-22)50-35(43)37-15-14-36-31(39)18-23-7-5-6-8-25(23)34(42)51-38-32(40)11-12-33(38)41/h5-10,13,16-17,19-20,34,42H,11-12,14-15,18,21H2,1-4H3,(H,36,39)(H,37,43)/b16-13+. The molecule has 0 aromatic heterocycles. The van der Waals surface area contributed by atoms with Crippen molar-refractivity contribution >= 4 is 39.7 Å². The summed E-state index contributed by atoms with van der Waals surface area (Å²) < 4.78 is 52.7. The zero-order valence-corrected chi connectivity index (χ0v) is 29.7. The number of aliphatic hydroxyl groups excluding tert-OH is 1. The van der Waals surface area contributed by atoms with E-state index in [1.54, 1.807) is 30.3 Å². The molecule has 1 heterocycles. The molecule has 52 heavy (non-hydrogen) atoms. The van der Waals surface area contributed by atoms with Crippen LogP contribution in [-0.2, 0) is 41.2 Å². The Balaban J connectivity index is 1.30. The molecular weight excluding hydrogens is 702 g/mol. The number of sulfone groups is 1. The maximum absolute atomic E-state index is 13.0. The van der Waals surface area contributed by atoms with Crippen LogP contribution in [0, 0.1) is 0 Å². The lowest BCUT2D eigenvalue weighted by Crippen LogP contribution is -2.36. The number of carbonyl (C=O) groups is 4. The van der Waals surface area contributed by atoms with Gasteiger partial charge in [0.25, 0.3) is 11.8 Å². The van der Waals surface area contributed by atoms with E-state index in [2.05, 4.69) is 10.6 Å². The van der Waals surface area contributed by atoms with Crippen molar-refractivity contribution in [2.75, 3.05) is 41.5 Å². The molecule has 1 saturated heterocycles. The minimum absolute atomic E-state index is 0.0114. The van der Waals surface area contributed by atoms with E-state index < -0.39 is 45.7 Å². The summed E-state index contributed by atoms with van der Waals surface area (Å²) in [6.07, 6.45) is -1.39. The highest BCUT2D eigenvalue weighted by Gasteiger charge is 2.33. The molecule has 0 saturated carbocycles. The molecule has 3 aromatic carbocycles. The summed E-state index contributed by atoms with van der Waals surface area (Å²) in [5.41, 5.74) is 1.29. The molecule has 4 amide bonds. The molecule has 16 nitrogen and oxygen atoms in total. The fourth-order valence-corrected chi connectivity index (χ4v) is 6.13. The van der Waals surface area contributed by atoms with Gasteiger partial charge < -0.3 is 39.4 Å². The van der Waals surface area contributed by atoms with Gasteiger partial charge in [0, 0.05) is 49.0 Å². The molecule has 0 aliphatic carbocycles. The smallest absolute Gasteiger partial charge is 0.412 e. The van der Waals surface area contributed by atoms with Crippen LogP contribution in [0.5, 0.6) is 28.7 Å². The molecule has 1 aliphatic rings. The van der Waals surface area contributed by atoms with Gasteiger partial charge in [-0.05, 0) is 29.3 Å². The summed E-state index contributed by atoms with van der Waals surface area (Å²) in [7, 11) is 1.87. The predicted octanol–water partition coefficient (Wildman–Crippen LogP) is 2.83. The van der Waals surface area contributed by atoms with Gasteiger partial charge in [0.2, 0.25) is 12.2 Å². The Hall–Kier alpha value is -5.65. The Kier molecular flexibility index (Phi) is 13.6. The first kappa shape index (κ1) is 39.1. The van der Waals surface area contributed by atoms with Gasteiger partial charge in [-0.1, -0.05) is 30.3 Å². The van der Waals surface area contributed by atoms with Gasteiger partial charge in [0.1, 0.15) is 17.2 Å². The lowest BCUT2D eigenvalue weighted by Gasteiger charge is -2.20. The van der Waals surface area contributed by atoms with Crippen molar-refractivity contribution < 1.29 is 61.2 Å². The Morgan fingerprint density at radius 3 is 2.12 bits per heavy atom. The number of nitrogens with one attached hydrogen (secondary N) is 2. The van der Waals surface area contributed by atoms with Crippen LogP contribution in [0.2, 0.25) is 0 Å². The van der Waals surface area contributed by atoms with Gasteiger partial charge in [0.05, 0.1) is 46.2 Å². The molecule has 3 aromatic rings. The highest BCUT2D eigenvalue weighted by atomic mass is 32.2. The van der Waals surface area contributed by atoms with Crippen molar-refractivity contribution in [3.05, 3.63) is 82.3 Å². The van der Waals surface area contributed by atoms with Gasteiger partial charge in [0.15, 0.2) is 21.3 Å². The van der Waals surface area contributed by atoms with Crippen LogP contribution >= 0.6 is 0 Å². The summed E-state index contributed by atoms with van der Waals surface area (Å²) >= 11 is 0. The van der Waals surface area contributed by atoms with Gasteiger partial charge >= 0.3 is 6.09 Å². The van der Waals surface area contributed by atoms with E-state index in [1.165, 1.54) is 58.8 Å². The number of benzene rings is 3. The number of imide groups is 1. The molecule has 3 N–H and O–H groups in total. The van der Waals surface area contributed by atoms with Crippen molar-refractivity contribution in [3.8, 4) is 28.7 Å². The third-order valence-electron chi connectivity index (χ3n) is 7.59. The van der Waals surface area contributed by atoms with Crippen LogP contribution in [0.4, 0.5) is 4.79 Å². The average Bonchev–Trinajstić information content (AvgIpc) is 3.44. The number of aliphatic hydroxyl groups is 1. The first-order valence-electron chi connectivity index (χ1n) is 15.8. The van der Waals surface area contributed by atoms with E-state index in [9.17, 15) is 32.7 Å². The van der Waals surface area contributed by atoms with E-state index in [4.69, 9.17) is 28.5 Å². The van der Waals surface area contributed by atoms with Gasteiger partial charge in [-0.3, -0.25) is 14.4 Å². The summed E-state index contributed by atoms with van der Waals surface area (Å²) in [5, 5.41) is 17.2. The van der Waals surface area contributed by atoms with Crippen molar-refractivity contribution in [3.63, 3.8) is 0 Å². The van der Waals surface area contributed by atoms with E-state index in [1.807, 2.05) is 0 Å². The van der Waals surface area contributed by atoms with Crippen LogP contribution in [-0.4, -0.2) is 83.9 Å². The third-order valence-corrected chi connectivity index (χ3v) is 8.88. The van der Waals surface area contributed by atoms with Crippen molar-refractivity contribution in [1.82, 2.24) is 15.7 Å². The highest BCUT2D eigenvalue weighted by Crippen LogP contribution is 2.35. The zero-order valence-electron chi connectivity index (χ0n) is 28.9. The largest absolute Gasteiger partial charge is 0.496 e. The molecular formula is C35H39N3O13S. The summed E-state index contributed by atoms with van der Waals surface area (Å²) in [6, 6.07) is 13.9. The van der Waals surface area contributed by atoms with Crippen molar-refractivity contribution in [2.24, 2.45) is 0 Å².